The number of carbonyl (C=O) groups is 1. The van der Waals surface area contributed by atoms with Crippen molar-refractivity contribution < 1.29 is 28.7 Å². The average Bonchev–Trinajstić information content (AvgIpc) is 3.28. The standard InChI is InChI=1S/C50H56N2O7/c51-39-40-15-17-41(18-16-40)43-23-29-47(30-24-43)57-37-13-9-10-14-38-59-50(53)45-21-19-42(20-22-45)44-25-31-48(32-26-44)56-35-11-7-5-3-1-2-4-6-8-12-36-58-49-33-27-46(28-34-49)52(54)55/h15-34H,1-14,35-38H2. The third kappa shape index (κ3) is 16.0. The molecule has 0 aliphatic heterocycles. The molecule has 0 aliphatic rings. The van der Waals surface area contributed by atoms with Gasteiger partial charge >= 0.3 is 5.97 Å². The van der Waals surface area contributed by atoms with Crippen LogP contribution in [-0.2, 0) is 4.74 Å². The van der Waals surface area contributed by atoms with Crippen LogP contribution in [0.2, 0.25) is 0 Å². The van der Waals surface area contributed by atoms with Crippen molar-refractivity contribution in [1.82, 2.24) is 0 Å². The summed E-state index contributed by atoms with van der Waals surface area (Å²) in [6.07, 6.45) is 15.5. The zero-order valence-corrected chi connectivity index (χ0v) is 34.0. The SMILES string of the molecule is N#Cc1ccc(-c2ccc(OCCCCCCOC(=O)c3ccc(-c4ccc(OCCCCCCCCCCCCOc5ccc([N+](=O)[O-])cc5)cc4)cc3)cc2)cc1. The van der Waals surface area contributed by atoms with E-state index in [-0.39, 0.29) is 11.7 Å². The van der Waals surface area contributed by atoms with Gasteiger partial charge in [0.15, 0.2) is 0 Å². The molecule has 0 saturated heterocycles. The largest absolute Gasteiger partial charge is 0.494 e. The highest BCUT2D eigenvalue weighted by Gasteiger charge is 2.09. The fraction of sp³-hybridized carbons (Fsp3) is 0.360. The van der Waals surface area contributed by atoms with E-state index in [9.17, 15) is 14.9 Å². The summed E-state index contributed by atoms with van der Waals surface area (Å²) in [5.74, 6) is 2.08. The molecule has 0 atom stereocenters. The molecule has 0 amide bonds. The van der Waals surface area contributed by atoms with Gasteiger partial charge in [-0.05, 0) is 121 Å². The Morgan fingerprint density at radius 2 is 0.780 bits per heavy atom. The molecule has 5 rings (SSSR count). The number of nitrogens with zero attached hydrogens (tertiary/aromatic N) is 2. The number of nitro groups is 1. The summed E-state index contributed by atoms with van der Waals surface area (Å²) in [5.41, 5.74) is 5.53. The molecule has 0 heterocycles. The number of unbranched alkanes of at least 4 members (excludes halogenated alkanes) is 12. The molecule has 5 aromatic rings. The van der Waals surface area contributed by atoms with E-state index in [2.05, 4.69) is 18.2 Å². The number of nitriles is 1. The van der Waals surface area contributed by atoms with Gasteiger partial charge < -0.3 is 18.9 Å². The smallest absolute Gasteiger partial charge is 0.338 e. The van der Waals surface area contributed by atoms with Gasteiger partial charge in [-0.3, -0.25) is 10.1 Å². The highest BCUT2D eigenvalue weighted by atomic mass is 16.6. The molecule has 0 saturated carbocycles. The lowest BCUT2D eigenvalue weighted by atomic mass is 10.0. The summed E-state index contributed by atoms with van der Waals surface area (Å²) in [6, 6.07) is 39.6. The predicted octanol–water partition coefficient (Wildman–Crippen LogP) is 13.0. The quantitative estimate of drug-likeness (QED) is 0.0223. The minimum Gasteiger partial charge on any atom is -0.494 e. The summed E-state index contributed by atoms with van der Waals surface area (Å²) < 4.78 is 23.1. The van der Waals surface area contributed by atoms with E-state index in [1.54, 1.807) is 12.1 Å². The first-order valence-electron chi connectivity index (χ1n) is 21.1. The van der Waals surface area contributed by atoms with Crippen LogP contribution in [0.1, 0.15) is 106 Å². The molecule has 0 unspecified atom stereocenters. The van der Waals surface area contributed by atoms with Gasteiger partial charge in [-0.15, -0.1) is 0 Å². The fourth-order valence-electron chi connectivity index (χ4n) is 6.68. The Bertz CT molecular complexity index is 2010. The third-order valence-electron chi connectivity index (χ3n) is 10.2. The number of esters is 1. The molecule has 308 valence electrons. The lowest BCUT2D eigenvalue weighted by Gasteiger charge is -2.09. The van der Waals surface area contributed by atoms with Crippen LogP contribution >= 0.6 is 0 Å². The topological polar surface area (TPSA) is 121 Å². The summed E-state index contributed by atoms with van der Waals surface area (Å²) >= 11 is 0. The fourth-order valence-corrected chi connectivity index (χ4v) is 6.68. The van der Waals surface area contributed by atoms with Crippen LogP contribution in [0.25, 0.3) is 22.3 Å². The number of rotatable bonds is 27. The van der Waals surface area contributed by atoms with Gasteiger partial charge in [0.25, 0.3) is 5.69 Å². The normalized spacial score (nSPS) is 10.8. The van der Waals surface area contributed by atoms with E-state index in [1.807, 2.05) is 84.9 Å². The van der Waals surface area contributed by atoms with E-state index >= 15 is 0 Å². The van der Waals surface area contributed by atoms with Crippen LogP contribution in [0.3, 0.4) is 0 Å². The molecular formula is C50H56N2O7. The van der Waals surface area contributed by atoms with Crippen LogP contribution in [0.5, 0.6) is 17.2 Å². The lowest BCUT2D eigenvalue weighted by Crippen LogP contribution is -2.06. The maximum absolute atomic E-state index is 12.6. The van der Waals surface area contributed by atoms with Crippen molar-refractivity contribution >= 4 is 11.7 Å². The molecule has 0 N–H and O–H groups in total. The van der Waals surface area contributed by atoms with Crippen molar-refractivity contribution in [1.29, 1.82) is 5.26 Å². The zero-order chi connectivity index (χ0) is 41.3. The van der Waals surface area contributed by atoms with Gasteiger partial charge in [0.1, 0.15) is 17.2 Å². The van der Waals surface area contributed by atoms with Crippen molar-refractivity contribution in [3.8, 4) is 45.6 Å². The summed E-state index contributed by atoms with van der Waals surface area (Å²) in [4.78, 5) is 22.9. The number of ether oxygens (including phenoxy) is 4. The minimum absolute atomic E-state index is 0.0798. The van der Waals surface area contributed by atoms with E-state index in [0.717, 1.165) is 78.7 Å². The van der Waals surface area contributed by atoms with E-state index in [4.69, 9.17) is 24.2 Å². The van der Waals surface area contributed by atoms with Crippen LogP contribution in [0.15, 0.2) is 121 Å². The van der Waals surface area contributed by atoms with Gasteiger partial charge in [0, 0.05) is 12.1 Å². The first-order chi connectivity index (χ1) is 29.0. The molecule has 9 heteroatoms. The Labute approximate surface area is 349 Å². The first kappa shape index (κ1) is 44.0. The van der Waals surface area contributed by atoms with Gasteiger partial charge in [-0.25, -0.2) is 4.79 Å². The van der Waals surface area contributed by atoms with Crippen molar-refractivity contribution in [3.05, 3.63) is 143 Å². The molecule has 5 aromatic carbocycles. The van der Waals surface area contributed by atoms with Gasteiger partial charge in [0.05, 0.1) is 48.5 Å². The van der Waals surface area contributed by atoms with Crippen molar-refractivity contribution in [2.24, 2.45) is 0 Å². The van der Waals surface area contributed by atoms with Crippen LogP contribution in [-0.4, -0.2) is 37.3 Å². The monoisotopic (exact) mass is 796 g/mol. The number of hydrogen-bond acceptors (Lipinski definition) is 8. The second-order valence-corrected chi connectivity index (χ2v) is 14.7. The highest BCUT2D eigenvalue weighted by molar-refractivity contribution is 5.90. The molecule has 0 radical (unpaired) electrons. The Kier molecular flexibility index (Phi) is 18.8. The Morgan fingerprint density at radius 3 is 1.15 bits per heavy atom. The second-order valence-electron chi connectivity index (χ2n) is 14.7. The molecular weight excluding hydrogens is 741 g/mol. The van der Waals surface area contributed by atoms with Crippen molar-refractivity contribution in [3.63, 3.8) is 0 Å². The number of hydrogen-bond donors (Lipinski definition) is 0. The van der Waals surface area contributed by atoms with Gasteiger partial charge in [-0.2, -0.15) is 5.26 Å². The first-order valence-corrected chi connectivity index (χ1v) is 21.1. The van der Waals surface area contributed by atoms with E-state index < -0.39 is 4.92 Å². The van der Waals surface area contributed by atoms with Gasteiger partial charge in [-0.1, -0.05) is 99.9 Å². The molecule has 0 aromatic heterocycles. The number of nitro benzene ring substituents is 1. The third-order valence-corrected chi connectivity index (χ3v) is 10.2. The summed E-state index contributed by atoms with van der Waals surface area (Å²) in [6.45, 7) is 2.39. The molecule has 9 nitrogen and oxygen atoms in total. The molecule has 0 aliphatic carbocycles. The molecule has 59 heavy (non-hydrogen) atoms. The van der Waals surface area contributed by atoms with E-state index in [1.165, 1.54) is 57.1 Å². The van der Waals surface area contributed by atoms with Gasteiger partial charge in [0.2, 0.25) is 0 Å². The number of carbonyl (C=O) groups excluding carboxylic acids is 1. The average molecular weight is 797 g/mol. The lowest BCUT2D eigenvalue weighted by molar-refractivity contribution is -0.384. The van der Waals surface area contributed by atoms with Crippen LogP contribution in [0, 0.1) is 21.4 Å². The predicted molar refractivity (Wildman–Crippen MR) is 233 cm³/mol. The van der Waals surface area contributed by atoms with Crippen molar-refractivity contribution in [2.45, 2.75) is 89.9 Å². The maximum atomic E-state index is 12.6. The van der Waals surface area contributed by atoms with E-state index in [0.29, 0.717) is 43.3 Å². The van der Waals surface area contributed by atoms with Crippen LogP contribution < -0.4 is 14.2 Å². The Morgan fingerprint density at radius 1 is 0.458 bits per heavy atom. The summed E-state index contributed by atoms with van der Waals surface area (Å²) in [7, 11) is 0. The van der Waals surface area contributed by atoms with Crippen LogP contribution in [0.4, 0.5) is 5.69 Å². The summed E-state index contributed by atoms with van der Waals surface area (Å²) in [5, 5.41) is 19.7. The number of benzene rings is 5. The van der Waals surface area contributed by atoms with Crippen molar-refractivity contribution in [2.75, 3.05) is 26.4 Å². The maximum Gasteiger partial charge on any atom is 0.338 e. The Balaban J connectivity index is 0.829. The zero-order valence-electron chi connectivity index (χ0n) is 34.0. The minimum atomic E-state index is -0.404. The molecule has 0 fully saturated rings. The molecule has 0 bridgehead atoms. The Hall–Kier alpha value is -6.14. The second kappa shape index (κ2) is 25.3. The molecule has 0 spiro atoms. The highest BCUT2D eigenvalue weighted by Crippen LogP contribution is 2.25. The number of non-ortho nitro benzene ring substituents is 1.